The summed E-state index contributed by atoms with van der Waals surface area (Å²) < 4.78 is 0. The molecule has 0 radical (unpaired) electrons. The number of nitrogens with one attached hydrogen (secondary N) is 2. The van der Waals surface area contributed by atoms with Crippen molar-refractivity contribution >= 4 is 23.2 Å². The van der Waals surface area contributed by atoms with Crippen LogP contribution < -0.4 is 10.6 Å². The standard InChI is InChI=1S/C12H17N3O2S/c1-2-9(12-13-5-6-18-12)15-11(17)8-3-4-10(16)14-7-8/h5-6,8-9H,2-4,7H2,1H3,(H,14,16)(H,15,17). The summed E-state index contributed by atoms with van der Waals surface area (Å²) in [5.74, 6) is -0.0697. The Morgan fingerprint density at radius 2 is 2.56 bits per heavy atom. The minimum absolute atomic E-state index is 0.0112. The molecule has 2 heterocycles. The lowest BCUT2D eigenvalue weighted by molar-refractivity contribution is -0.129. The average Bonchev–Trinajstić information content (AvgIpc) is 2.90. The first kappa shape index (κ1) is 13.0. The highest BCUT2D eigenvalue weighted by atomic mass is 32.1. The number of thiazole rings is 1. The zero-order valence-electron chi connectivity index (χ0n) is 10.3. The van der Waals surface area contributed by atoms with Crippen LogP contribution in [0.5, 0.6) is 0 Å². The number of amides is 2. The van der Waals surface area contributed by atoms with Crippen molar-refractivity contribution in [2.75, 3.05) is 6.54 Å². The first-order chi connectivity index (χ1) is 8.70. The Kier molecular flexibility index (Phi) is 4.30. The van der Waals surface area contributed by atoms with Gasteiger partial charge in [-0.15, -0.1) is 11.3 Å². The smallest absolute Gasteiger partial charge is 0.225 e. The van der Waals surface area contributed by atoms with Gasteiger partial charge in [-0.25, -0.2) is 4.98 Å². The second-order valence-electron chi connectivity index (χ2n) is 4.38. The van der Waals surface area contributed by atoms with Gasteiger partial charge < -0.3 is 10.6 Å². The van der Waals surface area contributed by atoms with Gasteiger partial charge in [0.25, 0.3) is 0 Å². The van der Waals surface area contributed by atoms with E-state index in [-0.39, 0.29) is 23.8 Å². The molecule has 1 aromatic rings. The molecule has 0 saturated carbocycles. The first-order valence-electron chi connectivity index (χ1n) is 6.17. The molecule has 1 saturated heterocycles. The van der Waals surface area contributed by atoms with Gasteiger partial charge in [0.1, 0.15) is 5.01 Å². The normalized spacial score (nSPS) is 21.2. The Hall–Kier alpha value is -1.43. The highest BCUT2D eigenvalue weighted by Gasteiger charge is 2.26. The van der Waals surface area contributed by atoms with Gasteiger partial charge in [0.15, 0.2) is 0 Å². The molecule has 2 unspecified atom stereocenters. The van der Waals surface area contributed by atoms with Gasteiger partial charge in [-0.05, 0) is 12.8 Å². The van der Waals surface area contributed by atoms with Crippen molar-refractivity contribution in [2.45, 2.75) is 32.2 Å². The summed E-state index contributed by atoms with van der Waals surface area (Å²) in [5, 5.41) is 8.58. The molecule has 0 spiro atoms. The fourth-order valence-electron chi connectivity index (χ4n) is 1.99. The Labute approximate surface area is 110 Å². The summed E-state index contributed by atoms with van der Waals surface area (Å²) in [6, 6.07) is -0.0184. The van der Waals surface area contributed by atoms with Crippen LogP contribution in [0.3, 0.4) is 0 Å². The number of rotatable bonds is 4. The third-order valence-corrected chi connectivity index (χ3v) is 4.00. The highest BCUT2D eigenvalue weighted by Crippen LogP contribution is 2.20. The molecule has 1 aliphatic heterocycles. The van der Waals surface area contributed by atoms with Gasteiger partial charge in [0.2, 0.25) is 11.8 Å². The number of piperidine rings is 1. The Morgan fingerprint density at radius 1 is 1.72 bits per heavy atom. The lowest BCUT2D eigenvalue weighted by Gasteiger charge is -2.24. The van der Waals surface area contributed by atoms with E-state index in [1.807, 2.05) is 12.3 Å². The summed E-state index contributed by atoms with van der Waals surface area (Å²) >= 11 is 1.55. The molecule has 1 aromatic heterocycles. The highest BCUT2D eigenvalue weighted by molar-refractivity contribution is 7.09. The minimum atomic E-state index is -0.114. The fourth-order valence-corrected chi connectivity index (χ4v) is 2.76. The first-order valence-corrected chi connectivity index (χ1v) is 7.05. The summed E-state index contributed by atoms with van der Waals surface area (Å²) in [6.07, 6.45) is 3.63. The van der Waals surface area contributed by atoms with E-state index in [1.165, 1.54) is 0 Å². The van der Waals surface area contributed by atoms with Crippen LogP contribution in [0.1, 0.15) is 37.2 Å². The number of carbonyl (C=O) groups excluding carboxylic acids is 2. The number of aromatic nitrogens is 1. The predicted molar refractivity (Wildman–Crippen MR) is 69.0 cm³/mol. The summed E-state index contributed by atoms with van der Waals surface area (Å²) in [4.78, 5) is 27.4. The summed E-state index contributed by atoms with van der Waals surface area (Å²) in [7, 11) is 0. The SMILES string of the molecule is CCC(NC(=O)C1CCC(=O)NC1)c1nccs1. The molecule has 5 nitrogen and oxygen atoms in total. The molecule has 98 valence electrons. The lowest BCUT2D eigenvalue weighted by Crippen LogP contribution is -2.43. The van der Waals surface area contributed by atoms with E-state index in [1.54, 1.807) is 17.5 Å². The Balaban J connectivity index is 1.91. The maximum Gasteiger partial charge on any atom is 0.225 e. The van der Waals surface area contributed by atoms with Crippen LogP contribution in [0.15, 0.2) is 11.6 Å². The lowest BCUT2D eigenvalue weighted by atomic mass is 9.98. The van der Waals surface area contributed by atoms with E-state index in [0.29, 0.717) is 19.4 Å². The quantitative estimate of drug-likeness (QED) is 0.862. The molecule has 1 fully saturated rings. The molecule has 2 atom stereocenters. The average molecular weight is 267 g/mol. The molecule has 1 aliphatic rings. The number of hydrogen-bond donors (Lipinski definition) is 2. The molecule has 2 rings (SSSR count). The van der Waals surface area contributed by atoms with Crippen LogP contribution in [0, 0.1) is 5.92 Å². The van der Waals surface area contributed by atoms with Gasteiger partial charge in [0, 0.05) is 24.5 Å². The van der Waals surface area contributed by atoms with Crippen molar-refractivity contribution in [2.24, 2.45) is 5.92 Å². The van der Waals surface area contributed by atoms with E-state index >= 15 is 0 Å². The van der Waals surface area contributed by atoms with Crippen molar-refractivity contribution in [3.63, 3.8) is 0 Å². The molecule has 0 aliphatic carbocycles. The predicted octanol–water partition coefficient (Wildman–Crippen LogP) is 1.24. The maximum atomic E-state index is 12.1. The molecule has 18 heavy (non-hydrogen) atoms. The van der Waals surface area contributed by atoms with Crippen LogP contribution in [-0.2, 0) is 9.59 Å². The van der Waals surface area contributed by atoms with E-state index in [9.17, 15) is 9.59 Å². The number of carbonyl (C=O) groups is 2. The van der Waals surface area contributed by atoms with E-state index < -0.39 is 0 Å². The summed E-state index contributed by atoms with van der Waals surface area (Å²) in [5.41, 5.74) is 0. The van der Waals surface area contributed by atoms with Crippen LogP contribution in [0.2, 0.25) is 0 Å². The molecule has 2 amide bonds. The van der Waals surface area contributed by atoms with Crippen molar-refractivity contribution in [3.05, 3.63) is 16.6 Å². The third kappa shape index (κ3) is 3.07. The van der Waals surface area contributed by atoms with Crippen molar-refractivity contribution in [1.29, 1.82) is 0 Å². The molecular formula is C12H17N3O2S. The molecular weight excluding hydrogens is 250 g/mol. The minimum Gasteiger partial charge on any atom is -0.355 e. The fraction of sp³-hybridized carbons (Fsp3) is 0.583. The van der Waals surface area contributed by atoms with Crippen LogP contribution >= 0.6 is 11.3 Å². The molecule has 0 aromatic carbocycles. The third-order valence-electron chi connectivity index (χ3n) is 3.11. The molecule has 0 bridgehead atoms. The van der Waals surface area contributed by atoms with Crippen LogP contribution in [0.4, 0.5) is 0 Å². The van der Waals surface area contributed by atoms with Crippen LogP contribution in [-0.4, -0.2) is 23.3 Å². The van der Waals surface area contributed by atoms with Gasteiger partial charge in [-0.2, -0.15) is 0 Å². The monoisotopic (exact) mass is 267 g/mol. The zero-order chi connectivity index (χ0) is 13.0. The van der Waals surface area contributed by atoms with E-state index in [4.69, 9.17) is 0 Å². The Morgan fingerprint density at radius 3 is 3.11 bits per heavy atom. The Bertz CT molecular complexity index is 409. The van der Waals surface area contributed by atoms with E-state index in [2.05, 4.69) is 15.6 Å². The topological polar surface area (TPSA) is 71.1 Å². The van der Waals surface area contributed by atoms with Gasteiger partial charge in [-0.3, -0.25) is 9.59 Å². The number of nitrogens with zero attached hydrogens (tertiary/aromatic N) is 1. The second-order valence-corrected chi connectivity index (χ2v) is 5.31. The van der Waals surface area contributed by atoms with Gasteiger partial charge in [0.05, 0.1) is 12.0 Å². The van der Waals surface area contributed by atoms with E-state index in [0.717, 1.165) is 11.4 Å². The van der Waals surface area contributed by atoms with Crippen molar-refractivity contribution in [1.82, 2.24) is 15.6 Å². The van der Waals surface area contributed by atoms with Crippen molar-refractivity contribution in [3.8, 4) is 0 Å². The molecule has 2 N–H and O–H groups in total. The summed E-state index contributed by atoms with van der Waals surface area (Å²) in [6.45, 7) is 2.47. The zero-order valence-corrected chi connectivity index (χ0v) is 11.1. The van der Waals surface area contributed by atoms with Crippen molar-refractivity contribution < 1.29 is 9.59 Å². The maximum absolute atomic E-state index is 12.1. The second kappa shape index (κ2) is 5.95. The van der Waals surface area contributed by atoms with Crippen LogP contribution in [0.25, 0.3) is 0 Å². The van der Waals surface area contributed by atoms with Gasteiger partial charge >= 0.3 is 0 Å². The largest absolute Gasteiger partial charge is 0.355 e. The number of hydrogen-bond acceptors (Lipinski definition) is 4. The molecule has 6 heteroatoms. The van der Waals surface area contributed by atoms with Gasteiger partial charge in [-0.1, -0.05) is 6.92 Å².